The Balaban J connectivity index is 4.60. The summed E-state index contributed by atoms with van der Waals surface area (Å²) in [5.74, 6) is -0.552. The van der Waals surface area contributed by atoms with E-state index in [1.807, 2.05) is 48.6 Å². The summed E-state index contributed by atoms with van der Waals surface area (Å²) in [5.41, 5.74) is 0. The lowest BCUT2D eigenvalue weighted by molar-refractivity contribution is -0.151. The summed E-state index contributed by atoms with van der Waals surface area (Å²) >= 11 is 0. The summed E-state index contributed by atoms with van der Waals surface area (Å²) in [6.07, 6.45) is 68.3. The van der Waals surface area contributed by atoms with Crippen LogP contribution in [-0.2, 0) is 14.3 Å². The van der Waals surface area contributed by atoms with Gasteiger partial charge >= 0.3 is 5.97 Å². The number of aliphatic hydroxyl groups is 2. The van der Waals surface area contributed by atoms with Crippen molar-refractivity contribution >= 4 is 11.9 Å². The number of amides is 1. The number of esters is 1. The average molecular weight is 923 g/mol. The van der Waals surface area contributed by atoms with Gasteiger partial charge in [-0.1, -0.05) is 267 Å². The predicted molar refractivity (Wildman–Crippen MR) is 287 cm³/mol. The van der Waals surface area contributed by atoms with E-state index in [0.717, 1.165) is 64.2 Å². The fourth-order valence-electron chi connectivity index (χ4n) is 8.39. The van der Waals surface area contributed by atoms with Crippen molar-refractivity contribution in [3.8, 4) is 0 Å². The first kappa shape index (κ1) is 63.3. The van der Waals surface area contributed by atoms with Crippen molar-refractivity contribution in [2.75, 3.05) is 6.61 Å². The fraction of sp³-hybridized carbons (Fsp3) is 0.767. The number of carbonyl (C=O) groups excluding carboxylic acids is 2. The SMILES string of the molecule is CC/C=C/C=C/C=C\C=C/C=C/CCCC(CC(=O)NC(CO)C(O)CCCCCCCCCCCCCCCCCC)OC(=O)CCCCCCC/C=C/CCCCCCCCCCC. The smallest absolute Gasteiger partial charge is 0.306 e. The third-order valence-corrected chi connectivity index (χ3v) is 12.6. The molecule has 0 aromatic rings. The molecule has 0 fully saturated rings. The predicted octanol–water partition coefficient (Wildman–Crippen LogP) is 17.3. The van der Waals surface area contributed by atoms with Crippen molar-refractivity contribution in [2.45, 2.75) is 289 Å². The molecule has 0 bridgehead atoms. The second-order valence-corrected chi connectivity index (χ2v) is 19.1. The molecule has 0 heterocycles. The molecule has 0 aliphatic carbocycles. The first-order valence-corrected chi connectivity index (χ1v) is 28.2. The molecule has 66 heavy (non-hydrogen) atoms. The normalized spacial score (nSPS) is 13.7. The second kappa shape index (κ2) is 53.3. The molecule has 382 valence electrons. The Morgan fingerprint density at radius 1 is 0.455 bits per heavy atom. The highest BCUT2D eigenvalue weighted by molar-refractivity contribution is 5.77. The van der Waals surface area contributed by atoms with Crippen LogP contribution in [0.2, 0.25) is 0 Å². The molecule has 6 heteroatoms. The number of nitrogens with one attached hydrogen (secondary N) is 1. The second-order valence-electron chi connectivity index (χ2n) is 19.1. The molecule has 0 aliphatic heterocycles. The first-order chi connectivity index (χ1) is 32.5. The number of hydrogen-bond donors (Lipinski definition) is 3. The topological polar surface area (TPSA) is 95.9 Å². The number of hydrogen-bond acceptors (Lipinski definition) is 5. The molecule has 3 unspecified atom stereocenters. The van der Waals surface area contributed by atoms with Gasteiger partial charge in [0.25, 0.3) is 0 Å². The van der Waals surface area contributed by atoms with Crippen LogP contribution >= 0.6 is 0 Å². The van der Waals surface area contributed by atoms with Gasteiger partial charge in [-0.15, -0.1) is 0 Å². The molecule has 0 aromatic carbocycles. The number of carbonyl (C=O) groups is 2. The van der Waals surface area contributed by atoms with E-state index in [1.54, 1.807) is 0 Å². The molecule has 0 radical (unpaired) electrons. The minimum atomic E-state index is -0.811. The van der Waals surface area contributed by atoms with Gasteiger partial charge in [0.05, 0.1) is 25.2 Å². The van der Waals surface area contributed by atoms with Crippen molar-refractivity contribution < 1.29 is 24.5 Å². The molecule has 0 aromatic heterocycles. The quantitative estimate of drug-likeness (QED) is 0.0244. The van der Waals surface area contributed by atoms with Gasteiger partial charge in [0, 0.05) is 6.42 Å². The molecule has 0 aliphatic rings. The summed E-state index contributed by atoms with van der Waals surface area (Å²) in [6, 6.07) is -0.729. The van der Waals surface area contributed by atoms with Gasteiger partial charge < -0.3 is 20.3 Å². The molecule has 0 saturated heterocycles. The number of allylic oxidation sites excluding steroid dienone is 12. The average Bonchev–Trinajstić information content (AvgIpc) is 3.31. The minimum Gasteiger partial charge on any atom is -0.462 e. The van der Waals surface area contributed by atoms with Crippen LogP contribution in [0.1, 0.15) is 271 Å². The van der Waals surface area contributed by atoms with E-state index in [0.29, 0.717) is 19.3 Å². The molecule has 1 amide bonds. The van der Waals surface area contributed by atoms with Gasteiger partial charge in [-0.2, -0.15) is 0 Å². The van der Waals surface area contributed by atoms with E-state index < -0.39 is 18.2 Å². The van der Waals surface area contributed by atoms with E-state index in [-0.39, 0.29) is 24.9 Å². The maximum Gasteiger partial charge on any atom is 0.306 e. The van der Waals surface area contributed by atoms with Gasteiger partial charge in [0.2, 0.25) is 5.91 Å². The van der Waals surface area contributed by atoms with Crippen LogP contribution in [-0.4, -0.2) is 46.9 Å². The zero-order valence-electron chi connectivity index (χ0n) is 43.6. The van der Waals surface area contributed by atoms with Gasteiger partial charge in [-0.25, -0.2) is 0 Å². The third kappa shape index (κ3) is 47.8. The Morgan fingerprint density at radius 2 is 0.848 bits per heavy atom. The molecular formula is C60H107NO5. The van der Waals surface area contributed by atoms with E-state index >= 15 is 0 Å². The molecule has 0 saturated carbocycles. The zero-order chi connectivity index (χ0) is 48.1. The summed E-state index contributed by atoms with van der Waals surface area (Å²) in [6.45, 7) is 6.34. The van der Waals surface area contributed by atoms with Crippen LogP contribution in [0.5, 0.6) is 0 Å². The summed E-state index contributed by atoms with van der Waals surface area (Å²) in [5, 5.41) is 23.8. The number of aliphatic hydroxyl groups excluding tert-OH is 2. The van der Waals surface area contributed by atoms with Crippen molar-refractivity contribution in [2.24, 2.45) is 0 Å². The number of unbranched alkanes of at least 4 members (excludes halogenated alkanes) is 30. The van der Waals surface area contributed by atoms with Gasteiger partial charge in [0.15, 0.2) is 0 Å². The Hall–Kier alpha value is -2.70. The summed E-state index contributed by atoms with van der Waals surface area (Å²) in [7, 11) is 0. The van der Waals surface area contributed by atoms with Crippen LogP contribution in [0.25, 0.3) is 0 Å². The maximum absolute atomic E-state index is 13.2. The van der Waals surface area contributed by atoms with E-state index in [9.17, 15) is 19.8 Å². The molecule has 3 N–H and O–H groups in total. The Kier molecular flexibility index (Phi) is 51.1. The molecule has 3 atom stereocenters. The van der Waals surface area contributed by atoms with E-state index in [1.165, 1.54) is 161 Å². The Labute approximate surface area is 409 Å². The monoisotopic (exact) mass is 922 g/mol. The van der Waals surface area contributed by atoms with Crippen molar-refractivity contribution in [1.29, 1.82) is 0 Å². The largest absolute Gasteiger partial charge is 0.462 e. The highest BCUT2D eigenvalue weighted by Crippen LogP contribution is 2.17. The number of rotatable bonds is 50. The molecular weight excluding hydrogens is 815 g/mol. The van der Waals surface area contributed by atoms with Crippen LogP contribution < -0.4 is 5.32 Å². The van der Waals surface area contributed by atoms with Crippen LogP contribution in [0.3, 0.4) is 0 Å². The lowest BCUT2D eigenvalue weighted by Crippen LogP contribution is -2.46. The zero-order valence-corrected chi connectivity index (χ0v) is 43.6. The van der Waals surface area contributed by atoms with Crippen LogP contribution in [0.4, 0.5) is 0 Å². The standard InChI is InChI=1S/C60H107NO5/c1-4-7-10-13-16-19-22-25-27-29-30-32-35-38-41-44-47-50-53-60(65)66-56(51-48-45-42-39-36-33-24-21-18-15-12-9-6-3)54-59(64)61-57(55-62)58(63)52-49-46-43-40-37-34-31-28-26-23-20-17-14-11-8-5-2/h9,12,15,18,21,24,30,32-33,36,39,42,56-58,62-63H,4-8,10-11,13-14,16-17,19-20,22-23,25-29,31,34-35,37-38,40-41,43-55H2,1-3H3,(H,61,64)/b12-9+,18-15+,24-21-,32-30+,36-33-,42-39+. The maximum atomic E-state index is 13.2. The Morgan fingerprint density at radius 3 is 1.30 bits per heavy atom. The third-order valence-electron chi connectivity index (χ3n) is 12.6. The van der Waals surface area contributed by atoms with Gasteiger partial charge in [-0.05, 0) is 64.2 Å². The van der Waals surface area contributed by atoms with Gasteiger partial charge in [0.1, 0.15) is 6.10 Å². The first-order valence-electron chi connectivity index (χ1n) is 28.2. The molecule has 6 nitrogen and oxygen atoms in total. The number of ether oxygens (including phenoxy) is 1. The van der Waals surface area contributed by atoms with Crippen molar-refractivity contribution in [3.05, 3.63) is 72.9 Å². The lowest BCUT2D eigenvalue weighted by atomic mass is 10.0. The highest BCUT2D eigenvalue weighted by Gasteiger charge is 2.24. The van der Waals surface area contributed by atoms with Crippen LogP contribution in [0.15, 0.2) is 72.9 Å². The molecule has 0 spiro atoms. The summed E-state index contributed by atoms with van der Waals surface area (Å²) in [4.78, 5) is 26.2. The van der Waals surface area contributed by atoms with E-state index in [2.05, 4.69) is 50.4 Å². The fourth-order valence-corrected chi connectivity index (χ4v) is 8.39. The van der Waals surface area contributed by atoms with Crippen molar-refractivity contribution in [3.63, 3.8) is 0 Å². The van der Waals surface area contributed by atoms with Crippen molar-refractivity contribution in [1.82, 2.24) is 5.32 Å². The lowest BCUT2D eigenvalue weighted by Gasteiger charge is -2.24. The van der Waals surface area contributed by atoms with Gasteiger partial charge in [-0.3, -0.25) is 9.59 Å². The van der Waals surface area contributed by atoms with Crippen LogP contribution in [0, 0.1) is 0 Å². The Bertz CT molecular complexity index is 1220. The van der Waals surface area contributed by atoms with E-state index in [4.69, 9.17) is 4.74 Å². The minimum absolute atomic E-state index is 0.0238. The summed E-state index contributed by atoms with van der Waals surface area (Å²) < 4.78 is 5.91. The molecule has 0 rings (SSSR count). The highest BCUT2D eigenvalue weighted by atomic mass is 16.5.